The first-order valence-electron chi connectivity index (χ1n) is 7.57. The highest BCUT2D eigenvalue weighted by Gasteiger charge is 2.17. The topological polar surface area (TPSA) is 58.6 Å². The molecule has 1 N–H and O–H groups in total. The lowest BCUT2D eigenvalue weighted by Gasteiger charge is -2.23. The molecule has 0 aliphatic heterocycles. The fraction of sp³-hybridized carbons (Fsp3) is 0.222. The minimum Gasteiger partial charge on any atom is -0.495 e. The van der Waals surface area contributed by atoms with Crippen LogP contribution in [-0.4, -0.2) is 25.5 Å². The molecule has 0 radical (unpaired) electrons. The first kappa shape index (κ1) is 19.1. The summed E-state index contributed by atoms with van der Waals surface area (Å²) in [4.78, 5) is 25.7. The van der Waals surface area contributed by atoms with Gasteiger partial charge in [-0.05, 0) is 30.3 Å². The van der Waals surface area contributed by atoms with E-state index in [0.29, 0.717) is 27.2 Å². The van der Waals surface area contributed by atoms with E-state index in [1.54, 1.807) is 30.3 Å². The van der Waals surface area contributed by atoms with Gasteiger partial charge in [0.15, 0.2) is 0 Å². The zero-order chi connectivity index (χ0) is 18.4. The number of amides is 2. The Balaban J connectivity index is 2.06. The number of nitrogens with one attached hydrogen (secondary N) is 1. The van der Waals surface area contributed by atoms with E-state index in [4.69, 9.17) is 27.9 Å². The van der Waals surface area contributed by atoms with Gasteiger partial charge >= 0.3 is 0 Å². The van der Waals surface area contributed by atoms with Gasteiger partial charge in [-0.2, -0.15) is 0 Å². The third-order valence-electron chi connectivity index (χ3n) is 3.46. The second-order valence-corrected chi connectivity index (χ2v) is 6.17. The summed E-state index contributed by atoms with van der Waals surface area (Å²) in [5, 5.41) is 3.59. The lowest BCUT2D eigenvalue weighted by Crippen LogP contribution is -2.32. The molecule has 2 amide bonds. The number of ether oxygens (including phenoxy) is 1. The van der Waals surface area contributed by atoms with Crippen molar-refractivity contribution in [1.29, 1.82) is 0 Å². The molecule has 2 aromatic carbocycles. The smallest absolute Gasteiger partial charge is 0.226 e. The van der Waals surface area contributed by atoms with Crippen LogP contribution in [0.2, 0.25) is 10.0 Å². The molecule has 0 aromatic heterocycles. The van der Waals surface area contributed by atoms with E-state index >= 15 is 0 Å². The Labute approximate surface area is 156 Å². The lowest BCUT2D eigenvalue weighted by atomic mass is 10.2. The van der Waals surface area contributed by atoms with Gasteiger partial charge in [0.2, 0.25) is 11.8 Å². The van der Waals surface area contributed by atoms with E-state index < -0.39 is 0 Å². The fourth-order valence-electron chi connectivity index (χ4n) is 2.36. The van der Waals surface area contributed by atoms with E-state index in [9.17, 15) is 9.59 Å². The van der Waals surface area contributed by atoms with Gasteiger partial charge in [0.05, 0.1) is 12.8 Å². The number of halogens is 2. The third kappa shape index (κ3) is 5.37. The summed E-state index contributed by atoms with van der Waals surface area (Å²) in [6, 6.07) is 12.0. The summed E-state index contributed by atoms with van der Waals surface area (Å²) >= 11 is 11.8. The molecule has 0 atom stereocenters. The van der Waals surface area contributed by atoms with Gasteiger partial charge in [0.25, 0.3) is 0 Å². The standard InChI is InChI=1S/C18H18Cl2N2O3/c1-12(23)22(16-5-3-4-6-17(16)25-2)8-7-18(24)21-15-10-13(19)9-14(20)11-15/h3-6,9-11H,7-8H2,1-2H3,(H,21,24). The van der Waals surface area contributed by atoms with Crippen LogP contribution in [0.15, 0.2) is 42.5 Å². The first-order chi connectivity index (χ1) is 11.9. The molecule has 0 aliphatic rings. The van der Waals surface area contributed by atoms with E-state index in [2.05, 4.69) is 5.32 Å². The number of carbonyl (C=O) groups excluding carboxylic acids is 2. The highest BCUT2D eigenvalue weighted by molar-refractivity contribution is 6.35. The molecule has 0 fully saturated rings. The van der Waals surface area contributed by atoms with Gasteiger partial charge in [-0.3, -0.25) is 9.59 Å². The Bertz CT molecular complexity index is 760. The van der Waals surface area contributed by atoms with Gasteiger partial charge in [0, 0.05) is 35.6 Å². The molecule has 0 saturated heterocycles. The largest absolute Gasteiger partial charge is 0.495 e. The van der Waals surface area contributed by atoms with Crippen LogP contribution in [0.3, 0.4) is 0 Å². The number of nitrogens with zero attached hydrogens (tertiary/aromatic N) is 1. The Kier molecular flexibility index (Phi) is 6.67. The van der Waals surface area contributed by atoms with Crippen LogP contribution in [-0.2, 0) is 9.59 Å². The normalized spacial score (nSPS) is 10.2. The molecule has 0 saturated carbocycles. The van der Waals surface area contributed by atoms with Crippen molar-refractivity contribution in [3.63, 3.8) is 0 Å². The molecule has 25 heavy (non-hydrogen) atoms. The second-order valence-electron chi connectivity index (χ2n) is 5.30. The van der Waals surface area contributed by atoms with Crippen LogP contribution >= 0.6 is 23.2 Å². The van der Waals surface area contributed by atoms with Crippen molar-refractivity contribution in [2.75, 3.05) is 23.9 Å². The molecule has 5 nitrogen and oxygen atoms in total. The van der Waals surface area contributed by atoms with Gasteiger partial charge in [-0.1, -0.05) is 35.3 Å². The molecular formula is C18H18Cl2N2O3. The average Bonchev–Trinajstić information content (AvgIpc) is 2.54. The summed E-state index contributed by atoms with van der Waals surface area (Å²) in [5.41, 5.74) is 1.13. The number of methoxy groups -OCH3 is 1. The Morgan fingerprint density at radius 1 is 1.12 bits per heavy atom. The minimum atomic E-state index is -0.250. The summed E-state index contributed by atoms with van der Waals surface area (Å²) in [7, 11) is 1.53. The van der Waals surface area contributed by atoms with E-state index in [-0.39, 0.29) is 24.8 Å². The summed E-state index contributed by atoms with van der Waals surface area (Å²) in [6.07, 6.45) is 0.113. The van der Waals surface area contributed by atoms with Crippen molar-refractivity contribution in [2.45, 2.75) is 13.3 Å². The number of carbonyl (C=O) groups is 2. The number of rotatable bonds is 6. The van der Waals surface area contributed by atoms with Crippen LogP contribution in [0.5, 0.6) is 5.75 Å². The number of benzene rings is 2. The first-order valence-corrected chi connectivity index (χ1v) is 8.33. The minimum absolute atomic E-state index is 0.113. The number of para-hydroxylation sites is 2. The lowest BCUT2D eigenvalue weighted by molar-refractivity contribution is -0.117. The van der Waals surface area contributed by atoms with Crippen molar-refractivity contribution in [3.8, 4) is 5.75 Å². The van der Waals surface area contributed by atoms with Crippen molar-refractivity contribution in [3.05, 3.63) is 52.5 Å². The zero-order valence-electron chi connectivity index (χ0n) is 13.9. The van der Waals surface area contributed by atoms with Crippen LogP contribution in [0, 0.1) is 0 Å². The highest BCUT2D eigenvalue weighted by Crippen LogP contribution is 2.28. The van der Waals surface area contributed by atoms with Gasteiger partial charge in [-0.25, -0.2) is 0 Å². The number of anilines is 2. The molecule has 2 rings (SSSR count). The molecule has 0 aliphatic carbocycles. The Morgan fingerprint density at radius 2 is 1.76 bits per heavy atom. The average molecular weight is 381 g/mol. The Morgan fingerprint density at radius 3 is 2.36 bits per heavy atom. The number of hydrogen-bond donors (Lipinski definition) is 1. The SMILES string of the molecule is COc1ccccc1N(CCC(=O)Nc1cc(Cl)cc(Cl)c1)C(C)=O. The van der Waals surface area contributed by atoms with Gasteiger partial charge in [0.1, 0.15) is 5.75 Å². The highest BCUT2D eigenvalue weighted by atomic mass is 35.5. The number of hydrogen-bond acceptors (Lipinski definition) is 3. The molecule has 0 bridgehead atoms. The molecule has 7 heteroatoms. The summed E-state index contributed by atoms with van der Waals surface area (Å²) in [5.74, 6) is 0.141. The molecule has 2 aromatic rings. The molecule has 0 unspecified atom stereocenters. The molecule has 0 spiro atoms. The zero-order valence-corrected chi connectivity index (χ0v) is 15.4. The Hall–Kier alpha value is -2.24. The summed E-state index contributed by atoms with van der Waals surface area (Å²) < 4.78 is 5.28. The molecule has 132 valence electrons. The van der Waals surface area contributed by atoms with Crippen molar-refractivity contribution < 1.29 is 14.3 Å². The maximum atomic E-state index is 12.2. The fourth-order valence-corrected chi connectivity index (χ4v) is 2.89. The predicted molar refractivity (Wildman–Crippen MR) is 101 cm³/mol. The van der Waals surface area contributed by atoms with Crippen molar-refractivity contribution in [2.24, 2.45) is 0 Å². The predicted octanol–water partition coefficient (Wildman–Crippen LogP) is 4.38. The van der Waals surface area contributed by atoms with Crippen LogP contribution < -0.4 is 15.0 Å². The quantitative estimate of drug-likeness (QED) is 0.808. The van der Waals surface area contributed by atoms with E-state index in [1.807, 2.05) is 12.1 Å². The van der Waals surface area contributed by atoms with Crippen LogP contribution in [0.1, 0.15) is 13.3 Å². The second kappa shape index (κ2) is 8.74. The molecule has 0 heterocycles. The third-order valence-corrected chi connectivity index (χ3v) is 3.90. The van der Waals surface area contributed by atoms with Gasteiger partial charge in [-0.15, -0.1) is 0 Å². The van der Waals surface area contributed by atoms with E-state index in [0.717, 1.165) is 0 Å². The van der Waals surface area contributed by atoms with Gasteiger partial charge < -0.3 is 15.0 Å². The maximum absolute atomic E-state index is 12.2. The van der Waals surface area contributed by atoms with Crippen molar-refractivity contribution in [1.82, 2.24) is 0 Å². The van der Waals surface area contributed by atoms with Crippen LogP contribution in [0.4, 0.5) is 11.4 Å². The van der Waals surface area contributed by atoms with Crippen molar-refractivity contribution >= 4 is 46.4 Å². The summed E-state index contributed by atoms with van der Waals surface area (Å²) in [6.45, 7) is 1.66. The van der Waals surface area contributed by atoms with Crippen LogP contribution in [0.25, 0.3) is 0 Å². The van der Waals surface area contributed by atoms with E-state index in [1.165, 1.54) is 18.9 Å². The monoisotopic (exact) mass is 380 g/mol. The maximum Gasteiger partial charge on any atom is 0.226 e. The molecular weight excluding hydrogens is 363 g/mol.